The molecule has 1 unspecified atom stereocenters. The maximum Gasteiger partial charge on any atom is 0.158 e. The first kappa shape index (κ1) is 14.4. The molecule has 1 atom stereocenters. The monoisotopic (exact) mass is 284 g/mol. The molecule has 2 aliphatic carbocycles. The zero-order chi connectivity index (χ0) is 14.7. The lowest BCUT2D eigenvalue weighted by Gasteiger charge is -2.28. The molecule has 0 spiro atoms. The number of para-hydroxylation sites is 1. The van der Waals surface area contributed by atoms with Gasteiger partial charge in [0, 0.05) is 12.0 Å². The highest BCUT2D eigenvalue weighted by Crippen LogP contribution is 2.40. The summed E-state index contributed by atoms with van der Waals surface area (Å²) in [5.41, 5.74) is 2.03. The van der Waals surface area contributed by atoms with Crippen LogP contribution < -0.4 is 4.74 Å². The lowest BCUT2D eigenvalue weighted by Crippen LogP contribution is -2.22. The van der Waals surface area contributed by atoms with Crippen molar-refractivity contribution in [3.8, 4) is 5.75 Å². The maximum absolute atomic E-state index is 12.2. The summed E-state index contributed by atoms with van der Waals surface area (Å²) in [4.78, 5) is 12.2. The minimum absolute atomic E-state index is 0.329. The first-order valence-electron chi connectivity index (χ1n) is 8.14. The Hall–Kier alpha value is -1.57. The van der Waals surface area contributed by atoms with Gasteiger partial charge in [-0.1, -0.05) is 43.9 Å². The van der Waals surface area contributed by atoms with Crippen LogP contribution in [0.4, 0.5) is 0 Å². The molecular formula is C19H24O2. The molecule has 3 rings (SSSR count). The van der Waals surface area contributed by atoms with E-state index in [4.69, 9.17) is 4.74 Å². The summed E-state index contributed by atoms with van der Waals surface area (Å²) in [6, 6.07) is 7.94. The predicted molar refractivity (Wildman–Crippen MR) is 85.3 cm³/mol. The summed E-state index contributed by atoms with van der Waals surface area (Å²) in [5, 5.41) is 0. The number of hydrogen-bond donors (Lipinski definition) is 0. The van der Waals surface area contributed by atoms with Crippen LogP contribution in [0.2, 0.25) is 0 Å². The van der Waals surface area contributed by atoms with E-state index in [1.807, 2.05) is 24.3 Å². The minimum atomic E-state index is 0.329. The van der Waals surface area contributed by atoms with Crippen molar-refractivity contribution >= 4 is 11.9 Å². The summed E-state index contributed by atoms with van der Waals surface area (Å²) >= 11 is 0. The maximum atomic E-state index is 12.2. The van der Waals surface area contributed by atoms with Gasteiger partial charge in [-0.25, -0.2) is 0 Å². The summed E-state index contributed by atoms with van der Waals surface area (Å²) < 4.78 is 5.39. The Kier molecular flexibility index (Phi) is 4.42. The minimum Gasteiger partial charge on any atom is -0.496 e. The molecule has 2 aliphatic rings. The zero-order valence-corrected chi connectivity index (χ0v) is 12.8. The van der Waals surface area contributed by atoms with E-state index in [9.17, 15) is 4.79 Å². The van der Waals surface area contributed by atoms with Crippen LogP contribution in [0, 0.1) is 11.8 Å². The highest BCUT2D eigenvalue weighted by Gasteiger charge is 2.31. The van der Waals surface area contributed by atoms with E-state index in [-0.39, 0.29) is 0 Å². The third kappa shape index (κ3) is 3.20. The molecular weight excluding hydrogens is 260 g/mol. The van der Waals surface area contributed by atoms with E-state index in [0.717, 1.165) is 42.1 Å². The number of Topliss-reactive ketones (excluding diaryl/α,β-unsaturated/α-hetero) is 1. The summed E-state index contributed by atoms with van der Waals surface area (Å²) in [6.45, 7) is 0. The fourth-order valence-corrected chi connectivity index (χ4v) is 3.92. The van der Waals surface area contributed by atoms with Gasteiger partial charge in [0.05, 0.1) is 7.11 Å². The fourth-order valence-electron chi connectivity index (χ4n) is 3.92. The van der Waals surface area contributed by atoms with Crippen LogP contribution in [0.15, 0.2) is 29.8 Å². The van der Waals surface area contributed by atoms with Gasteiger partial charge in [0.25, 0.3) is 0 Å². The molecule has 0 radical (unpaired) electrons. The molecule has 2 heteroatoms. The van der Waals surface area contributed by atoms with Crippen molar-refractivity contribution < 1.29 is 9.53 Å². The average Bonchev–Trinajstić information content (AvgIpc) is 3.04. The number of hydrogen-bond acceptors (Lipinski definition) is 2. The average molecular weight is 284 g/mol. The normalized spacial score (nSPS) is 25.5. The van der Waals surface area contributed by atoms with E-state index in [1.54, 1.807) is 7.11 Å². The largest absolute Gasteiger partial charge is 0.496 e. The highest BCUT2D eigenvalue weighted by atomic mass is 16.5. The number of methoxy groups -OCH3 is 1. The van der Waals surface area contributed by atoms with Gasteiger partial charge in [-0.3, -0.25) is 4.79 Å². The second kappa shape index (κ2) is 6.46. The smallest absolute Gasteiger partial charge is 0.158 e. The van der Waals surface area contributed by atoms with E-state index in [0.29, 0.717) is 11.7 Å². The Bertz CT molecular complexity index is 538. The third-order valence-corrected chi connectivity index (χ3v) is 5.12. The van der Waals surface area contributed by atoms with Crippen molar-refractivity contribution in [1.82, 2.24) is 0 Å². The molecule has 2 nitrogen and oxygen atoms in total. The molecule has 0 N–H and O–H groups in total. The Balaban J connectivity index is 1.81. The number of ether oxygens (including phenoxy) is 1. The van der Waals surface area contributed by atoms with Crippen molar-refractivity contribution in [3.63, 3.8) is 0 Å². The van der Waals surface area contributed by atoms with Gasteiger partial charge in [0.1, 0.15) is 5.75 Å². The second-order valence-corrected chi connectivity index (χ2v) is 6.38. The van der Waals surface area contributed by atoms with Crippen molar-refractivity contribution in [3.05, 3.63) is 35.4 Å². The van der Waals surface area contributed by atoms with Crippen molar-refractivity contribution in [2.45, 2.75) is 44.9 Å². The van der Waals surface area contributed by atoms with Crippen molar-refractivity contribution in [2.24, 2.45) is 11.8 Å². The molecule has 0 amide bonds. The molecule has 0 saturated heterocycles. The molecule has 1 aromatic rings. The number of carbonyl (C=O) groups excluding carboxylic acids is 1. The van der Waals surface area contributed by atoms with Gasteiger partial charge in [-0.05, 0) is 42.4 Å². The van der Waals surface area contributed by atoms with Gasteiger partial charge in [0.2, 0.25) is 0 Å². The summed E-state index contributed by atoms with van der Waals surface area (Å²) in [6.07, 6.45) is 10.3. The summed E-state index contributed by atoms with van der Waals surface area (Å²) in [5.74, 6) is 2.74. The molecule has 0 bridgehead atoms. The molecule has 21 heavy (non-hydrogen) atoms. The first-order valence-corrected chi connectivity index (χ1v) is 8.14. The van der Waals surface area contributed by atoms with E-state index in [2.05, 4.69) is 6.08 Å². The molecule has 2 fully saturated rings. The first-order chi connectivity index (χ1) is 10.3. The number of allylic oxidation sites excluding steroid dienone is 1. The van der Waals surface area contributed by atoms with Crippen LogP contribution in [0.3, 0.4) is 0 Å². The van der Waals surface area contributed by atoms with Gasteiger partial charge in [-0.15, -0.1) is 0 Å². The van der Waals surface area contributed by atoms with Gasteiger partial charge < -0.3 is 4.74 Å². The van der Waals surface area contributed by atoms with Crippen LogP contribution in [0.25, 0.3) is 6.08 Å². The Morgan fingerprint density at radius 2 is 1.86 bits per heavy atom. The second-order valence-electron chi connectivity index (χ2n) is 6.38. The Labute approximate surface area is 127 Å². The molecule has 1 aromatic carbocycles. The van der Waals surface area contributed by atoms with Gasteiger partial charge >= 0.3 is 0 Å². The van der Waals surface area contributed by atoms with Crippen LogP contribution in [0.5, 0.6) is 5.75 Å². The lowest BCUT2D eigenvalue weighted by molar-refractivity contribution is -0.117. The lowest BCUT2D eigenvalue weighted by atomic mass is 9.76. The highest BCUT2D eigenvalue weighted by molar-refractivity contribution is 6.00. The van der Waals surface area contributed by atoms with Crippen LogP contribution in [0.1, 0.15) is 50.5 Å². The number of carbonyl (C=O) groups is 1. The van der Waals surface area contributed by atoms with Crippen molar-refractivity contribution in [2.75, 3.05) is 7.11 Å². The van der Waals surface area contributed by atoms with Crippen LogP contribution in [-0.2, 0) is 4.79 Å². The Morgan fingerprint density at radius 1 is 1.10 bits per heavy atom. The van der Waals surface area contributed by atoms with Crippen LogP contribution >= 0.6 is 0 Å². The molecule has 112 valence electrons. The molecule has 0 aromatic heterocycles. The molecule has 0 aliphatic heterocycles. The number of ketones is 1. The van der Waals surface area contributed by atoms with E-state index < -0.39 is 0 Å². The zero-order valence-electron chi connectivity index (χ0n) is 12.8. The van der Waals surface area contributed by atoms with Gasteiger partial charge in [-0.2, -0.15) is 0 Å². The summed E-state index contributed by atoms with van der Waals surface area (Å²) in [7, 11) is 1.68. The Morgan fingerprint density at radius 3 is 2.62 bits per heavy atom. The predicted octanol–water partition coefficient (Wildman–Crippen LogP) is 4.64. The number of rotatable bonds is 3. The quantitative estimate of drug-likeness (QED) is 0.756. The van der Waals surface area contributed by atoms with Crippen LogP contribution in [-0.4, -0.2) is 12.9 Å². The molecule has 2 saturated carbocycles. The standard InChI is InChI=1S/C19H24O2/c1-21-19-9-5-4-8-16(19)13-17-12-15(10-11-18(17)20)14-6-2-3-7-14/h4-5,8-9,13-15H,2-3,6-7,10-12H2,1H3/b17-13-. The van der Waals surface area contributed by atoms with E-state index in [1.165, 1.54) is 25.7 Å². The topological polar surface area (TPSA) is 26.3 Å². The molecule has 0 heterocycles. The van der Waals surface area contributed by atoms with E-state index >= 15 is 0 Å². The number of benzene rings is 1. The fraction of sp³-hybridized carbons (Fsp3) is 0.526. The van der Waals surface area contributed by atoms with Crippen molar-refractivity contribution in [1.29, 1.82) is 0 Å². The van der Waals surface area contributed by atoms with Gasteiger partial charge in [0.15, 0.2) is 5.78 Å². The third-order valence-electron chi connectivity index (χ3n) is 5.12. The SMILES string of the molecule is COc1ccccc1/C=C1/CC(C2CCCC2)CCC1=O.